The summed E-state index contributed by atoms with van der Waals surface area (Å²) in [5.41, 5.74) is 2.45. The van der Waals surface area contributed by atoms with Crippen molar-refractivity contribution in [2.75, 3.05) is 19.0 Å². The van der Waals surface area contributed by atoms with Gasteiger partial charge in [-0.2, -0.15) is 0 Å². The van der Waals surface area contributed by atoms with E-state index in [0.29, 0.717) is 18.6 Å². The summed E-state index contributed by atoms with van der Waals surface area (Å²) in [7, 11) is 1.62. The third-order valence-corrected chi connectivity index (χ3v) is 2.69. The quantitative estimate of drug-likeness (QED) is 0.643. The minimum atomic E-state index is -0.224. The van der Waals surface area contributed by atoms with E-state index in [2.05, 4.69) is 5.32 Å². The second-order valence-corrected chi connectivity index (χ2v) is 3.85. The number of anilines is 1. The molecule has 0 saturated carbocycles. The molecule has 0 atom stereocenters. The van der Waals surface area contributed by atoms with E-state index in [9.17, 15) is 4.79 Å². The van der Waals surface area contributed by atoms with E-state index in [1.54, 1.807) is 7.11 Å². The largest absolute Gasteiger partial charge is 0.497 e. The topological polar surface area (TPSA) is 47.6 Å². The van der Waals surface area contributed by atoms with E-state index in [1.165, 1.54) is 0 Å². The first-order valence-corrected chi connectivity index (χ1v) is 5.48. The summed E-state index contributed by atoms with van der Waals surface area (Å²) in [5, 5.41) is 3.19. The molecule has 0 aromatic heterocycles. The summed E-state index contributed by atoms with van der Waals surface area (Å²) in [6.45, 7) is 2.35. The molecule has 1 aromatic carbocycles. The minimum Gasteiger partial charge on any atom is -0.497 e. The second-order valence-electron chi connectivity index (χ2n) is 3.85. The number of allylic oxidation sites excluding steroid dienone is 1. The smallest absolute Gasteiger partial charge is 0.335 e. The molecule has 4 nitrogen and oxygen atoms in total. The number of benzene rings is 1. The molecule has 1 aromatic rings. The highest BCUT2D eigenvalue weighted by molar-refractivity contribution is 5.91. The van der Waals surface area contributed by atoms with Crippen LogP contribution >= 0.6 is 0 Å². The zero-order chi connectivity index (χ0) is 12.3. The Morgan fingerprint density at radius 2 is 2.29 bits per heavy atom. The Hall–Kier alpha value is -1.97. The Kier molecular flexibility index (Phi) is 3.32. The number of methoxy groups -OCH3 is 1. The van der Waals surface area contributed by atoms with E-state index >= 15 is 0 Å². The summed E-state index contributed by atoms with van der Waals surface area (Å²) in [6, 6.07) is 7.57. The number of cyclic esters (lactones) is 1. The normalized spacial score (nSPS) is 17.6. The average molecular weight is 233 g/mol. The van der Waals surface area contributed by atoms with Crippen LogP contribution in [-0.2, 0) is 9.53 Å². The van der Waals surface area contributed by atoms with Crippen molar-refractivity contribution in [3.8, 4) is 5.75 Å². The van der Waals surface area contributed by atoms with Crippen molar-refractivity contribution in [2.24, 2.45) is 0 Å². The molecule has 1 heterocycles. The second kappa shape index (κ2) is 4.91. The highest BCUT2D eigenvalue weighted by atomic mass is 16.5. The number of ether oxygens (including phenoxy) is 2. The lowest BCUT2D eigenvalue weighted by atomic mass is 10.2. The first-order chi connectivity index (χ1) is 8.20. The van der Waals surface area contributed by atoms with Gasteiger partial charge in [-0.25, -0.2) is 4.79 Å². The first-order valence-electron chi connectivity index (χ1n) is 5.48. The van der Waals surface area contributed by atoms with Crippen LogP contribution in [0.3, 0.4) is 0 Å². The summed E-state index contributed by atoms with van der Waals surface area (Å²) < 4.78 is 10.0. The molecule has 4 heteroatoms. The van der Waals surface area contributed by atoms with Gasteiger partial charge in [0.25, 0.3) is 0 Å². The Balaban J connectivity index is 2.17. The Morgan fingerprint density at radius 3 is 2.94 bits per heavy atom. The van der Waals surface area contributed by atoms with Crippen molar-refractivity contribution in [3.63, 3.8) is 0 Å². The molecule has 0 spiro atoms. The van der Waals surface area contributed by atoms with E-state index in [1.807, 2.05) is 31.2 Å². The molecule has 90 valence electrons. The fourth-order valence-corrected chi connectivity index (χ4v) is 1.77. The van der Waals surface area contributed by atoms with Gasteiger partial charge in [0.1, 0.15) is 5.75 Å². The maximum atomic E-state index is 11.4. The number of esters is 1. The molecule has 1 saturated heterocycles. The van der Waals surface area contributed by atoms with Gasteiger partial charge in [-0.1, -0.05) is 6.07 Å². The van der Waals surface area contributed by atoms with Crippen molar-refractivity contribution in [1.82, 2.24) is 0 Å². The third-order valence-electron chi connectivity index (χ3n) is 2.69. The van der Waals surface area contributed by atoms with Gasteiger partial charge in [0.15, 0.2) is 0 Å². The van der Waals surface area contributed by atoms with Gasteiger partial charge in [-0.15, -0.1) is 0 Å². The molecule has 1 fully saturated rings. The maximum absolute atomic E-state index is 11.4. The fraction of sp³-hybridized carbons (Fsp3) is 0.308. The average Bonchev–Trinajstić information content (AvgIpc) is 2.76. The first kappa shape index (κ1) is 11.5. The number of nitrogens with one attached hydrogen (secondary N) is 1. The van der Waals surface area contributed by atoms with Gasteiger partial charge in [-0.05, 0) is 19.1 Å². The fourth-order valence-electron chi connectivity index (χ4n) is 1.77. The predicted molar refractivity (Wildman–Crippen MR) is 64.9 cm³/mol. The molecule has 1 aliphatic rings. The molecule has 0 amide bonds. The van der Waals surface area contributed by atoms with E-state index in [4.69, 9.17) is 9.47 Å². The molecule has 0 unspecified atom stereocenters. The van der Waals surface area contributed by atoms with Crippen molar-refractivity contribution in [2.45, 2.75) is 13.3 Å². The monoisotopic (exact) mass is 233 g/mol. The van der Waals surface area contributed by atoms with Crippen LogP contribution in [-0.4, -0.2) is 19.7 Å². The van der Waals surface area contributed by atoms with Gasteiger partial charge in [0.2, 0.25) is 0 Å². The van der Waals surface area contributed by atoms with Gasteiger partial charge in [0.05, 0.1) is 19.3 Å². The number of carbonyl (C=O) groups excluding carboxylic acids is 1. The van der Waals surface area contributed by atoms with Crippen molar-refractivity contribution < 1.29 is 14.3 Å². The van der Waals surface area contributed by atoms with E-state index in [-0.39, 0.29) is 5.97 Å². The zero-order valence-electron chi connectivity index (χ0n) is 9.95. The third kappa shape index (κ3) is 2.58. The number of hydrogen-bond donors (Lipinski definition) is 1. The lowest BCUT2D eigenvalue weighted by Gasteiger charge is -2.09. The highest BCUT2D eigenvalue weighted by Gasteiger charge is 2.21. The molecule has 17 heavy (non-hydrogen) atoms. The standard InChI is InChI=1S/C13H15NO3/c1-9(12-6-7-17-13(12)15)14-10-4-3-5-11(8-10)16-2/h3-5,8,14H,6-7H2,1-2H3/b12-9-. The Labute approximate surface area is 100 Å². The van der Waals surface area contributed by atoms with E-state index < -0.39 is 0 Å². The SMILES string of the molecule is COc1cccc(N/C(C)=C2/CCOC2=O)c1. The molecule has 0 bridgehead atoms. The van der Waals surface area contributed by atoms with Gasteiger partial charge >= 0.3 is 5.97 Å². The van der Waals surface area contributed by atoms with Crippen LogP contribution in [0, 0.1) is 0 Å². The molecule has 1 aliphatic heterocycles. The van der Waals surface area contributed by atoms with Gasteiger partial charge in [0, 0.05) is 23.9 Å². The van der Waals surface area contributed by atoms with Crippen LogP contribution in [0.5, 0.6) is 5.75 Å². The van der Waals surface area contributed by atoms with Crippen LogP contribution in [0.1, 0.15) is 13.3 Å². The van der Waals surface area contributed by atoms with Crippen molar-refractivity contribution in [1.29, 1.82) is 0 Å². The van der Waals surface area contributed by atoms with Gasteiger partial charge in [-0.3, -0.25) is 0 Å². The zero-order valence-corrected chi connectivity index (χ0v) is 9.95. The summed E-state index contributed by atoms with van der Waals surface area (Å²) in [5.74, 6) is 0.555. The Morgan fingerprint density at radius 1 is 1.47 bits per heavy atom. The van der Waals surface area contributed by atoms with Crippen LogP contribution in [0.15, 0.2) is 35.5 Å². The van der Waals surface area contributed by atoms with Crippen molar-refractivity contribution >= 4 is 11.7 Å². The molecule has 2 rings (SSSR count). The van der Waals surface area contributed by atoms with Crippen LogP contribution in [0.4, 0.5) is 5.69 Å². The molecular weight excluding hydrogens is 218 g/mol. The maximum Gasteiger partial charge on any atom is 0.335 e. The summed E-state index contributed by atoms with van der Waals surface area (Å²) in [6.07, 6.45) is 0.668. The molecular formula is C13H15NO3. The van der Waals surface area contributed by atoms with Gasteiger partial charge < -0.3 is 14.8 Å². The van der Waals surface area contributed by atoms with Crippen molar-refractivity contribution in [3.05, 3.63) is 35.5 Å². The van der Waals surface area contributed by atoms with E-state index in [0.717, 1.165) is 17.1 Å². The molecule has 1 N–H and O–H groups in total. The summed E-state index contributed by atoms with van der Waals surface area (Å²) >= 11 is 0. The lowest BCUT2D eigenvalue weighted by Crippen LogP contribution is -2.04. The molecule has 0 aliphatic carbocycles. The molecule has 0 radical (unpaired) electrons. The van der Waals surface area contributed by atoms with Crippen LogP contribution in [0.25, 0.3) is 0 Å². The van der Waals surface area contributed by atoms with Crippen LogP contribution < -0.4 is 10.1 Å². The number of carbonyl (C=O) groups is 1. The lowest BCUT2D eigenvalue weighted by molar-refractivity contribution is -0.135. The Bertz CT molecular complexity index is 465. The summed E-state index contributed by atoms with van der Waals surface area (Å²) in [4.78, 5) is 11.4. The number of hydrogen-bond acceptors (Lipinski definition) is 4. The highest BCUT2D eigenvalue weighted by Crippen LogP contribution is 2.22. The number of rotatable bonds is 3. The predicted octanol–water partition coefficient (Wildman–Crippen LogP) is 2.33. The van der Waals surface area contributed by atoms with Crippen LogP contribution in [0.2, 0.25) is 0 Å². The minimum absolute atomic E-state index is 0.224.